The molecule has 0 radical (unpaired) electrons. The Morgan fingerprint density at radius 1 is 1.47 bits per heavy atom. The second-order valence-electron chi connectivity index (χ2n) is 3.62. The van der Waals surface area contributed by atoms with Gasteiger partial charge in [0.15, 0.2) is 5.16 Å². The molecule has 1 aromatic heterocycles. The van der Waals surface area contributed by atoms with Crippen LogP contribution in [0.1, 0.15) is 19.3 Å². The number of amides is 1. The molecule has 82 valence electrons. The zero-order chi connectivity index (χ0) is 10.5. The first-order valence-corrected chi connectivity index (χ1v) is 6.25. The molecule has 5 heteroatoms. The number of nitrogens with one attached hydrogen (secondary N) is 1. The van der Waals surface area contributed by atoms with Crippen molar-refractivity contribution in [2.75, 3.05) is 18.8 Å². The smallest absolute Gasteiger partial charge is 0.233 e. The third kappa shape index (κ3) is 2.99. The van der Waals surface area contributed by atoms with Crippen LogP contribution in [0.25, 0.3) is 0 Å². The SMILES string of the molecule is O=C(CSc1ncc[nH]1)N1CCCCC1. The van der Waals surface area contributed by atoms with Crippen molar-refractivity contribution in [1.29, 1.82) is 0 Å². The minimum absolute atomic E-state index is 0.233. The third-order valence-electron chi connectivity index (χ3n) is 2.51. The Hall–Kier alpha value is -0.970. The number of H-pyrrole nitrogens is 1. The lowest BCUT2D eigenvalue weighted by Crippen LogP contribution is -2.36. The highest BCUT2D eigenvalue weighted by Gasteiger charge is 2.16. The van der Waals surface area contributed by atoms with Gasteiger partial charge in [-0.3, -0.25) is 4.79 Å². The van der Waals surface area contributed by atoms with E-state index in [0.29, 0.717) is 5.75 Å². The van der Waals surface area contributed by atoms with Crippen LogP contribution < -0.4 is 0 Å². The number of carbonyl (C=O) groups is 1. The number of imidazole rings is 1. The zero-order valence-corrected chi connectivity index (χ0v) is 9.42. The van der Waals surface area contributed by atoms with Gasteiger partial charge in [-0.25, -0.2) is 4.98 Å². The molecule has 2 rings (SSSR count). The topological polar surface area (TPSA) is 49.0 Å². The summed E-state index contributed by atoms with van der Waals surface area (Å²) in [6.45, 7) is 1.86. The number of likely N-dealkylation sites (tertiary alicyclic amines) is 1. The number of piperidine rings is 1. The highest BCUT2D eigenvalue weighted by atomic mass is 32.2. The minimum atomic E-state index is 0.233. The van der Waals surface area contributed by atoms with Gasteiger partial charge in [-0.2, -0.15) is 0 Å². The first kappa shape index (κ1) is 10.5. The molecule has 1 aliphatic rings. The molecule has 0 aliphatic carbocycles. The molecular formula is C10H15N3OS. The average Bonchev–Trinajstić information content (AvgIpc) is 2.80. The average molecular weight is 225 g/mol. The van der Waals surface area contributed by atoms with E-state index in [9.17, 15) is 4.79 Å². The summed E-state index contributed by atoms with van der Waals surface area (Å²) < 4.78 is 0. The van der Waals surface area contributed by atoms with Crippen LogP contribution in [0.5, 0.6) is 0 Å². The summed E-state index contributed by atoms with van der Waals surface area (Å²) >= 11 is 1.47. The van der Waals surface area contributed by atoms with E-state index >= 15 is 0 Å². The molecule has 2 heterocycles. The van der Waals surface area contributed by atoms with Crippen LogP contribution in [-0.2, 0) is 4.79 Å². The number of aromatic nitrogens is 2. The Kier molecular flexibility index (Phi) is 3.66. The van der Waals surface area contributed by atoms with Gasteiger partial charge < -0.3 is 9.88 Å². The molecule has 0 spiro atoms. The number of rotatable bonds is 3. The number of nitrogens with zero attached hydrogens (tertiary/aromatic N) is 2. The fraction of sp³-hybridized carbons (Fsp3) is 0.600. The van der Waals surface area contributed by atoms with Crippen LogP contribution in [0.15, 0.2) is 17.6 Å². The fourth-order valence-electron chi connectivity index (χ4n) is 1.69. The third-order valence-corrected chi connectivity index (χ3v) is 3.40. The van der Waals surface area contributed by atoms with Crippen molar-refractivity contribution in [3.8, 4) is 0 Å². The highest BCUT2D eigenvalue weighted by Crippen LogP contribution is 2.15. The Morgan fingerprint density at radius 3 is 2.93 bits per heavy atom. The van der Waals surface area contributed by atoms with Gasteiger partial charge in [0.05, 0.1) is 5.75 Å². The summed E-state index contributed by atoms with van der Waals surface area (Å²) in [4.78, 5) is 20.8. The van der Waals surface area contributed by atoms with Crippen LogP contribution >= 0.6 is 11.8 Å². The number of hydrogen-bond acceptors (Lipinski definition) is 3. The number of thioether (sulfide) groups is 1. The van der Waals surface area contributed by atoms with Gasteiger partial charge in [0.1, 0.15) is 0 Å². The first-order chi connectivity index (χ1) is 7.36. The molecule has 0 unspecified atom stereocenters. The van der Waals surface area contributed by atoms with Gasteiger partial charge >= 0.3 is 0 Å². The molecule has 1 fully saturated rings. The summed E-state index contributed by atoms with van der Waals surface area (Å²) in [6, 6.07) is 0. The van der Waals surface area contributed by atoms with Crippen LogP contribution in [0, 0.1) is 0 Å². The second-order valence-corrected chi connectivity index (χ2v) is 4.59. The summed E-state index contributed by atoms with van der Waals surface area (Å²) in [5, 5.41) is 0.820. The lowest BCUT2D eigenvalue weighted by atomic mass is 10.1. The Morgan fingerprint density at radius 2 is 2.27 bits per heavy atom. The molecular weight excluding hydrogens is 210 g/mol. The molecule has 1 N–H and O–H groups in total. The molecule has 0 bridgehead atoms. The maximum atomic E-state index is 11.8. The highest BCUT2D eigenvalue weighted by molar-refractivity contribution is 7.99. The fourth-order valence-corrected chi connectivity index (χ4v) is 2.42. The van der Waals surface area contributed by atoms with Gasteiger partial charge in [0.2, 0.25) is 5.91 Å². The number of hydrogen-bond donors (Lipinski definition) is 1. The maximum absolute atomic E-state index is 11.8. The second kappa shape index (κ2) is 5.21. The Balaban J connectivity index is 1.76. The van der Waals surface area contributed by atoms with E-state index in [2.05, 4.69) is 9.97 Å². The van der Waals surface area contributed by atoms with Crippen molar-refractivity contribution in [3.05, 3.63) is 12.4 Å². The van der Waals surface area contributed by atoms with E-state index < -0.39 is 0 Å². The van der Waals surface area contributed by atoms with Crippen LogP contribution in [0.2, 0.25) is 0 Å². The summed E-state index contributed by atoms with van der Waals surface area (Å²) in [7, 11) is 0. The van der Waals surface area contributed by atoms with Crippen molar-refractivity contribution in [2.45, 2.75) is 24.4 Å². The van der Waals surface area contributed by atoms with Gasteiger partial charge in [0, 0.05) is 25.5 Å². The molecule has 0 atom stereocenters. The largest absolute Gasteiger partial charge is 0.342 e. The monoisotopic (exact) mass is 225 g/mol. The normalized spacial score (nSPS) is 16.7. The lowest BCUT2D eigenvalue weighted by molar-refractivity contribution is -0.129. The number of aromatic amines is 1. The van der Waals surface area contributed by atoms with E-state index in [1.165, 1.54) is 18.2 Å². The molecule has 1 amide bonds. The van der Waals surface area contributed by atoms with Gasteiger partial charge in [-0.15, -0.1) is 0 Å². The van der Waals surface area contributed by atoms with E-state index in [4.69, 9.17) is 0 Å². The zero-order valence-electron chi connectivity index (χ0n) is 8.61. The van der Waals surface area contributed by atoms with Crippen molar-refractivity contribution in [3.63, 3.8) is 0 Å². The minimum Gasteiger partial charge on any atom is -0.342 e. The van der Waals surface area contributed by atoms with Gasteiger partial charge in [-0.05, 0) is 19.3 Å². The summed E-state index contributed by atoms with van der Waals surface area (Å²) in [5.41, 5.74) is 0. The standard InChI is InChI=1S/C10H15N3OS/c14-9(13-6-2-1-3-7-13)8-15-10-11-4-5-12-10/h4-5H,1-3,6-8H2,(H,11,12). The molecule has 0 aromatic carbocycles. The van der Waals surface area contributed by atoms with Crippen molar-refractivity contribution < 1.29 is 4.79 Å². The van der Waals surface area contributed by atoms with E-state index in [0.717, 1.165) is 31.1 Å². The first-order valence-electron chi connectivity index (χ1n) is 5.26. The van der Waals surface area contributed by atoms with E-state index in [1.807, 2.05) is 4.90 Å². The van der Waals surface area contributed by atoms with Crippen molar-refractivity contribution in [1.82, 2.24) is 14.9 Å². The molecule has 1 aliphatic heterocycles. The van der Waals surface area contributed by atoms with Crippen molar-refractivity contribution in [2.24, 2.45) is 0 Å². The maximum Gasteiger partial charge on any atom is 0.233 e. The van der Waals surface area contributed by atoms with Crippen LogP contribution in [0.3, 0.4) is 0 Å². The molecule has 0 saturated carbocycles. The van der Waals surface area contributed by atoms with E-state index in [-0.39, 0.29) is 5.91 Å². The predicted octanol–water partition coefficient (Wildman–Crippen LogP) is 1.51. The van der Waals surface area contributed by atoms with E-state index in [1.54, 1.807) is 12.4 Å². The Bertz CT molecular complexity index is 306. The van der Waals surface area contributed by atoms with Gasteiger partial charge in [-0.1, -0.05) is 11.8 Å². The quantitative estimate of drug-likeness (QED) is 0.793. The molecule has 1 aromatic rings. The molecule has 4 nitrogen and oxygen atoms in total. The summed E-state index contributed by atoms with van der Waals surface area (Å²) in [6.07, 6.45) is 7.03. The predicted molar refractivity (Wildman–Crippen MR) is 59.7 cm³/mol. The van der Waals surface area contributed by atoms with Gasteiger partial charge in [0.25, 0.3) is 0 Å². The Labute approximate surface area is 93.5 Å². The van der Waals surface area contributed by atoms with Crippen LogP contribution in [-0.4, -0.2) is 39.6 Å². The lowest BCUT2D eigenvalue weighted by Gasteiger charge is -2.26. The van der Waals surface area contributed by atoms with Crippen LogP contribution in [0.4, 0.5) is 0 Å². The van der Waals surface area contributed by atoms with Crippen molar-refractivity contribution >= 4 is 17.7 Å². The molecule has 1 saturated heterocycles. The summed E-state index contributed by atoms with van der Waals surface area (Å²) in [5.74, 6) is 0.726. The number of carbonyl (C=O) groups excluding carboxylic acids is 1. The molecule has 15 heavy (non-hydrogen) atoms.